The number of nitrogens with two attached hydrogens (primary N) is 1. The molecule has 1 nitrogen and oxygen atoms in total. The molecule has 0 aromatic heterocycles. The molecule has 0 radical (unpaired) electrons. The molecule has 3 rings (SSSR count). The summed E-state index contributed by atoms with van der Waals surface area (Å²) in [5, 5.41) is 3.82. The zero-order valence-electron chi connectivity index (χ0n) is 14.7. The number of benzene rings is 3. The van der Waals surface area contributed by atoms with Gasteiger partial charge in [0, 0.05) is 0 Å². The molecule has 0 amide bonds. The monoisotopic (exact) mass is 415 g/mol. The van der Waals surface area contributed by atoms with Gasteiger partial charge in [-0.05, 0) is 0 Å². The Bertz CT molecular complexity index is 675. The third kappa shape index (κ3) is 3.44. The minimum absolute atomic E-state index is 0. The molecular weight excluding hydrogens is 389 g/mol. The molecule has 0 aliphatic rings. The van der Waals surface area contributed by atoms with E-state index >= 15 is 0 Å². The van der Waals surface area contributed by atoms with E-state index < -0.39 is 6.75 Å². The Kier molecular flexibility index (Phi) is 6.57. The van der Waals surface area contributed by atoms with Gasteiger partial charge < -0.3 is 0 Å². The van der Waals surface area contributed by atoms with E-state index in [0.29, 0.717) is 0 Å². The van der Waals surface area contributed by atoms with Crippen molar-refractivity contribution < 1.29 is 0 Å². The average Bonchev–Trinajstić information content (AvgIpc) is 2.68. The van der Waals surface area contributed by atoms with Gasteiger partial charge >= 0.3 is 145 Å². The van der Waals surface area contributed by atoms with Crippen molar-refractivity contribution in [1.82, 2.24) is 0 Å². The van der Waals surface area contributed by atoms with Crippen molar-refractivity contribution in [2.75, 3.05) is 6.16 Å². The third-order valence-corrected chi connectivity index (χ3v) is 10.7. The summed E-state index contributed by atoms with van der Waals surface area (Å²) in [7, 11) is 0. The number of unbranched alkanes of at least 4 members (excludes halogenated alkanes) is 1. The maximum atomic E-state index is 7.60. The fraction of sp³-hybridized carbons (Fsp3) is 0.182. The standard InChI is InChI=1S/C22H26NP.BrH/c1-2-3-19-24(23,20-13-7-4-8-14-20,21-15-9-5-10-16-21)22-17-11-6-12-18-22;/h4-18H,2-3,19,23H2,1H3;1H. The van der Waals surface area contributed by atoms with Gasteiger partial charge in [-0.2, -0.15) is 0 Å². The van der Waals surface area contributed by atoms with E-state index in [-0.39, 0.29) is 17.0 Å². The Morgan fingerprint density at radius 2 is 0.960 bits per heavy atom. The van der Waals surface area contributed by atoms with E-state index in [9.17, 15) is 0 Å². The van der Waals surface area contributed by atoms with Gasteiger partial charge in [0.2, 0.25) is 0 Å². The molecule has 0 aliphatic carbocycles. The fourth-order valence-corrected chi connectivity index (χ4v) is 8.83. The summed E-state index contributed by atoms with van der Waals surface area (Å²) in [5.41, 5.74) is 7.60. The van der Waals surface area contributed by atoms with Crippen molar-refractivity contribution in [3.63, 3.8) is 0 Å². The predicted molar refractivity (Wildman–Crippen MR) is 119 cm³/mol. The number of rotatable bonds is 6. The van der Waals surface area contributed by atoms with Crippen LogP contribution in [-0.2, 0) is 0 Å². The molecule has 0 fully saturated rings. The van der Waals surface area contributed by atoms with Crippen molar-refractivity contribution in [3.05, 3.63) is 91.0 Å². The average molecular weight is 416 g/mol. The van der Waals surface area contributed by atoms with Crippen LogP contribution in [0.1, 0.15) is 19.8 Å². The van der Waals surface area contributed by atoms with Crippen LogP contribution in [-0.4, -0.2) is 6.16 Å². The van der Waals surface area contributed by atoms with Crippen molar-refractivity contribution in [2.24, 2.45) is 5.50 Å². The summed E-state index contributed by atoms with van der Waals surface area (Å²) in [6, 6.07) is 32.2. The molecule has 2 N–H and O–H groups in total. The van der Waals surface area contributed by atoms with Gasteiger partial charge in [-0.1, -0.05) is 0 Å². The molecule has 0 atom stereocenters. The Labute approximate surface area is 162 Å². The second-order valence-corrected chi connectivity index (χ2v) is 11.2. The Balaban J connectivity index is 0.00000225. The van der Waals surface area contributed by atoms with Crippen molar-refractivity contribution in [3.8, 4) is 0 Å². The topological polar surface area (TPSA) is 26.0 Å². The number of halogens is 1. The molecule has 0 saturated carbocycles. The van der Waals surface area contributed by atoms with E-state index in [1.165, 1.54) is 15.9 Å². The Morgan fingerprint density at radius 3 is 1.24 bits per heavy atom. The molecule has 3 aromatic carbocycles. The van der Waals surface area contributed by atoms with Crippen LogP contribution in [0.4, 0.5) is 0 Å². The summed E-state index contributed by atoms with van der Waals surface area (Å²) in [6.45, 7) is -0.714. The molecule has 25 heavy (non-hydrogen) atoms. The summed E-state index contributed by atoms with van der Waals surface area (Å²) in [4.78, 5) is 0. The van der Waals surface area contributed by atoms with Crippen molar-refractivity contribution >= 4 is 39.6 Å². The summed E-state index contributed by atoms with van der Waals surface area (Å²) in [6.07, 6.45) is 3.26. The molecule has 0 unspecified atom stereocenters. The first kappa shape index (κ1) is 19.8. The molecule has 0 heterocycles. The summed E-state index contributed by atoms with van der Waals surface area (Å²) >= 11 is 0. The molecule has 0 spiro atoms. The molecular formula is C22H27BrNP. The quantitative estimate of drug-likeness (QED) is 0.576. The zero-order chi connectivity index (χ0) is 16.9. The molecule has 0 bridgehead atoms. The molecule has 3 aromatic rings. The first-order valence-electron chi connectivity index (χ1n) is 8.68. The van der Waals surface area contributed by atoms with Gasteiger partial charge in [0.15, 0.2) is 0 Å². The van der Waals surface area contributed by atoms with Crippen molar-refractivity contribution in [1.29, 1.82) is 0 Å². The van der Waals surface area contributed by atoms with E-state index in [1.807, 2.05) is 0 Å². The van der Waals surface area contributed by atoms with Gasteiger partial charge in [0.25, 0.3) is 0 Å². The van der Waals surface area contributed by atoms with Crippen LogP contribution >= 0.6 is 23.7 Å². The van der Waals surface area contributed by atoms with Gasteiger partial charge in [-0.15, -0.1) is 17.0 Å². The third-order valence-electron chi connectivity index (χ3n) is 5.01. The summed E-state index contributed by atoms with van der Waals surface area (Å²) in [5.74, 6) is 0. The van der Waals surface area contributed by atoms with Crippen LogP contribution in [0.2, 0.25) is 0 Å². The second kappa shape index (κ2) is 8.27. The van der Waals surface area contributed by atoms with Crippen LogP contribution in [0, 0.1) is 0 Å². The van der Waals surface area contributed by atoms with Crippen LogP contribution in [0.15, 0.2) is 91.0 Å². The minimum atomic E-state index is -2.95. The Hall–Kier alpha value is -1.47. The van der Waals surface area contributed by atoms with E-state index in [4.69, 9.17) is 5.50 Å². The normalized spacial score (nSPS) is 12.6. The zero-order valence-corrected chi connectivity index (χ0v) is 17.3. The first-order valence-corrected chi connectivity index (χ1v) is 11.2. The van der Waals surface area contributed by atoms with Crippen LogP contribution in [0.5, 0.6) is 0 Å². The second-order valence-electron chi connectivity index (χ2n) is 6.46. The van der Waals surface area contributed by atoms with E-state index in [2.05, 4.69) is 97.9 Å². The van der Waals surface area contributed by atoms with E-state index in [1.54, 1.807) is 0 Å². The fourth-order valence-electron chi connectivity index (χ4n) is 3.63. The molecule has 0 saturated heterocycles. The Morgan fingerprint density at radius 1 is 0.640 bits per heavy atom. The number of hydrogen-bond donors (Lipinski definition) is 1. The predicted octanol–water partition coefficient (Wildman–Crippen LogP) is 4.77. The molecule has 132 valence electrons. The number of hydrogen-bond acceptors (Lipinski definition) is 1. The first-order chi connectivity index (χ1) is 11.7. The molecule has 0 aliphatic heterocycles. The van der Waals surface area contributed by atoms with Gasteiger partial charge in [0.1, 0.15) is 0 Å². The van der Waals surface area contributed by atoms with Crippen LogP contribution < -0.4 is 21.4 Å². The van der Waals surface area contributed by atoms with Gasteiger partial charge in [-0.25, -0.2) is 0 Å². The van der Waals surface area contributed by atoms with Crippen LogP contribution in [0.25, 0.3) is 0 Å². The molecule has 3 heteroatoms. The van der Waals surface area contributed by atoms with E-state index in [0.717, 1.165) is 19.0 Å². The SMILES string of the molecule is Br.CCCCP(N)(c1ccccc1)(c1ccccc1)c1ccccc1. The van der Waals surface area contributed by atoms with Crippen molar-refractivity contribution in [2.45, 2.75) is 19.8 Å². The summed E-state index contributed by atoms with van der Waals surface area (Å²) < 4.78 is 0. The van der Waals surface area contributed by atoms with Gasteiger partial charge in [0.05, 0.1) is 0 Å². The van der Waals surface area contributed by atoms with Crippen LogP contribution in [0.3, 0.4) is 0 Å². The maximum absolute atomic E-state index is 7.60. The van der Waals surface area contributed by atoms with Gasteiger partial charge in [-0.3, -0.25) is 0 Å².